The zero-order chi connectivity index (χ0) is 12.1. The number of carbonyl (C=O) groups excluding carboxylic acids is 1. The molecule has 4 nitrogen and oxygen atoms in total. The molecule has 1 saturated carbocycles. The minimum Gasteiger partial charge on any atom is -0.384 e. The van der Waals surface area contributed by atoms with Crippen LogP contribution in [0.4, 0.5) is 0 Å². The number of rotatable bonds is 6. The second kappa shape index (κ2) is 7.97. The largest absolute Gasteiger partial charge is 0.384 e. The highest BCUT2D eigenvalue weighted by molar-refractivity contribution is 5.85. The monoisotopic (exact) mass is 276 g/mol. The molecule has 1 aliphatic carbocycles. The van der Waals surface area contributed by atoms with Crippen LogP contribution in [0.5, 0.6) is 0 Å². The topological polar surface area (TPSA) is 41.6 Å². The van der Waals surface area contributed by atoms with Crippen LogP contribution in [0.1, 0.15) is 25.7 Å². The second-order valence-corrected chi connectivity index (χ2v) is 5.35. The molecule has 2 rings (SSSR count). The van der Waals surface area contributed by atoms with E-state index < -0.39 is 0 Å². The Morgan fingerprint density at radius 2 is 1.89 bits per heavy atom. The fraction of sp³-hybridized carbons (Fsp3) is 0.923. The lowest BCUT2D eigenvalue weighted by Crippen LogP contribution is -2.43. The Morgan fingerprint density at radius 1 is 1.22 bits per heavy atom. The first-order valence-corrected chi connectivity index (χ1v) is 6.77. The standard InChI is InChI=1S/C13H24N2O2.ClH/c1-17-10-12-4-6-15(7-5-12)13(16)9-14-8-11-2-3-11;/h11-12,14H,2-10H2,1H3;1H. The quantitative estimate of drug-likeness (QED) is 0.795. The van der Waals surface area contributed by atoms with Crippen LogP contribution in [0.15, 0.2) is 0 Å². The van der Waals surface area contributed by atoms with Crippen molar-refractivity contribution in [1.29, 1.82) is 0 Å². The van der Waals surface area contributed by atoms with Crippen molar-refractivity contribution in [3.8, 4) is 0 Å². The third kappa shape index (κ3) is 5.12. The minimum absolute atomic E-state index is 0. The Labute approximate surface area is 116 Å². The molecule has 1 heterocycles. The Morgan fingerprint density at radius 3 is 2.44 bits per heavy atom. The Kier molecular flexibility index (Phi) is 6.97. The molecule has 1 N–H and O–H groups in total. The number of hydrogen-bond acceptors (Lipinski definition) is 3. The van der Waals surface area contributed by atoms with Crippen molar-refractivity contribution >= 4 is 18.3 Å². The number of nitrogens with one attached hydrogen (secondary N) is 1. The first kappa shape index (κ1) is 15.7. The molecule has 18 heavy (non-hydrogen) atoms. The highest BCUT2D eigenvalue weighted by atomic mass is 35.5. The van der Waals surface area contributed by atoms with Crippen LogP contribution in [0, 0.1) is 11.8 Å². The van der Waals surface area contributed by atoms with Gasteiger partial charge in [-0.1, -0.05) is 0 Å². The van der Waals surface area contributed by atoms with E-state index in [1.807, 2.05) is 4.90 Å². The number of methoxy groups -OCH3 is 1. The molecule has 5 heteroatoms. The molecule has 0 bridgehead atoms. The zero-order valence-electron chi connectivity index (χ0n) is 11.2. The first-order chi connectivity index (χ1) is 8.29. The summed E-state index contributed by atoms with van der Waals surface area (Å²) in [5.41, 5.74) is 0. The van der Waals surface area contributed by atoms with Gasteiger partial charge in [0, 0.05) is 26.8 Å². The van der Waals surface area contributed by atoms with Crippen molar-refractivity contribution in [3.05, 3.63) is 0 Å². The summed E-state index contributed by atoms with van der Waals surface area (Å²) < 4.78 is 5.16. The van der Waals surface area contributed by atoms with Gasteiger partial charge >= 0.3 is 0 Å². The van der Waals surface area contributed by atoms with Gasteiger partial charge in [0.05, 0.1) is 6.54 Å². The molecule has 0 spiro atoms. The number of ether oxygens (including phenoxy) is 1. The number of nitrogens with zero attached hydrogens (tertiary/aromatic N) is 1. The summed E-state index contributed by atoms with van der Waals surface area (Å²) in [5.74, 6) is 1.75. The number of carbonyl (C=O) groups is 1. The van der Waals surface area contributed by atoms with Crippen LogP contribution in [0.25, 0.3) is 0 Å². The zero-order valence-corrected chi connectivity index (χ0v) is 12.0. The van der Waals surface area contributed by atoms with Gasteiger partial charge < -0.3 is 15.0 Å². The van der Waals surface area contributed by atoms with Crippen LogP contribution < -0.4 is 5.32 Å². The van der Waals surface area contributed by atoms with Crippen LogP contribution in [0.3, 0.4) is 0 Å². The molecule has 0 atom stereocenters. The van der Waals surface area contributed by atoms with Gasteiger partial charge in [0.15, 0.2) is 0 Å². The molecule has 1 aliphatic heterocycles. The highest BCUT2D eigenvalue weighted by Crippen LogP contribution is 2.27. The normalized spacial score (nSPS) is 20.6. The van der Waals surface area contributed by atoms with E-state index >= 15 is 0 Å². The summed E-state index contributed by atoms with van der Waals surface area (Å²) in [6.45, 7) is 4.18. The summed E-state index contributed by atoms with van der Waals surface area (Å²) in [4.78, 5) is 13.9. The molecule has 0 aromatic carbocycles. The number of amides is 1. The Hall–Kier alpha value is -0.320. The lowest BCUT2D eigenvalue weighted by atomic mass is 9.98. The maximum Gasteiger partial charge on any atom is 0.236 e. The summed E-state index contributed by atoms with van der Waals surface area (Å²) in [5, 5.41) is 3.26. The highest BCUT2D eigenvalue weighted by Gasteiger charge is 2.24. The number of likely N-dealkylation sites (tertiary alicyclic amines) is 1. The molecule has 2 aliphatic rings. The first-order valence-electron chi connectivity index (χ1n) is 6.77. The fourth-order valence-corrected chi connectivity index (χ4v) is 2.40. The maximum absolute atomic E-state index is 11.9. The van der Waals surface area contributed by atoms with Gasteiger partial charge in [-0.15, -0.1) is 12.4 Å². The van der Waals surface area contributed by atoms with E-state index in [9.17, 15) is 4.79 Å². The van der Waals surface area contributed by atoms with Gasteiger partial charge in [-0.05, 0) is 44.1 Å². The molecular formula is C13H25ClN2O2. The van der Waals surface area contributed by atoms with Gasteiger partial charge in [0.2, 0.25) is 5.91 Å². The van der Waals surface area contributed by atoms with E-state index in [4.69, 9.17) is 4.74 Å². The van der Waals surface area contributed by atoms with Gasteiger partial charge in [0.1, 0.15) is 0 Å². The minimum atomic E-state index is 0. The Balaban J connectivity index is 0.00000162. The van der Waals surface area contributed by atoms with Crippen molar-refractivity contribution in [2.45, 2.75) is 25.7 Å². The predicted octanol–water partition coefficient (Wildman–Crippen LogP) is 1.29. The predicted molar refractivity (Wildman–Crippen MR) is 74.0 cm³/mol. The smallest absolute Gasteiger partial charge is 0.236 e. The van der Waals surface area contributed by atoms with Crippen molar-refractivity contribution in [2.75, 3.05) is 39.9 Å². The molecule has 106 valence electrons. The third-order valence-electron chi connectivity index (χ3n) is 3.78. The summed E-state index contributed by atoms with van der Waals surface area (Å²) in [6.07, 6.45) is 4.84. The van der Waals surface area contributed by atoms with Crippen LogP contribution in [-0.2, 0) is 9.53 Å². The summed E-state index contributed by atoms with van der Waals surface area (Å²) >= 11 is 0. The van der Waals surface area contributed by atoms with E-state index in [1.54, 1.807) is 7.11 Å². The molecule has 0 aromatic rings. The van der Waals surface area contributed by atoms with Crippen LogP contribution >= 0.6 is 12.4 Å². The maximum atomic E-state index is 11.9. The molecule has 0 aromatic heterocycles. The summed E-state index contributed by atoms with van der Waals surface area (Å²) in [7, 11) is 1.75. The lowest BCUT2D eigenvalue weighted by molar-refractivity contribution is -0.131. The van der Waals surface area contributed by atoms with E-state index in [0.717, 1.165) is 45.0 Å². The van der Waals surface area contributed by atoms with E-state index in [1.165, 1.54) is 12.8 Å². The second-order valence-electron chi connectivity index (χ2n) is 5.35. The molecule has 1 amide bonds. The van der Waals surface area contributed by atoms with E-state index in [0.29, 0.717) is 12.5 Å². The van der Waals surface area contributed by atoms with Crippen molar-refractivity contribution < 1.29 is 9.53 Å². The van der Waals surface area contributed by atoms with Crippen molar-refractivity contribution in [1.82, 2.24) is 10.2 Å². The SMILES string of the molecule is COCC1CCN(C(=O)CNCC2CC2)CC1.Cl. The average molecular weight is 277 g/mol. The van der Waals surface area contributed by atoms with Crippen molar-refractivity contribution in [2.24, 2.45) is 11.8 Å². The lowest BCUT2D eigenvalue weighted by Gasteiger charge is -2.31. The molecular weight excluding hydrogens is 252 g/mol. The molecule has 0 unspecified atom stereocenters. The van der Waals surface area contributed by atoms with Crippen molar-refractivity contribution in [3.63, 3.8) is 0 Å². The van der Waals surface area contributed by atoms with Gasteiger partial charge in [-0.2, -0.15) is 0 Å². The number of piperidine rings is 1. The average Bonchev–Trinajstić information content (AvgIpc) is 3.14. The molecule has 1 saturated heterocycles. The third-order valence-corrected chi connectivity index (χ3v) is 3.78. The number of hydrogen-bond donors (Lipinski definition) is 1. The summed E-state index contributed by atoms with van der Waals surface area (Å²) in [6, 6.07) is 0. The van der Waals surface area contributed by atoms with Gasteiger partial charge in [-0.25, -0.2) is 0 Å². The molecule has 0 radical (unpaired) electrons. The van der Waals surface area contributed by atoms with Crippen LogP contribution in [0.2, 0.25) is 0 Å². The number of halogens is 1. The molecule has 2 fully saturated rings. The fourth-order valence-electron chi connectivity index (χ4n) is 2.40. The van der Waals surface area contributed by atoms with Gasteiger partial charge in [0.25, 0.3) is 0 Å². The van der Waals surface area contributed by atoms with E-state index in [-0.39, 0.29) is 18.3 Å². The Bertz CT molecular complexity index is 251. The van der Waals surface area contributed by atoms with E-state index in [2.05, 4.69) is 5.32 Å². The van der Waals surface area contributed by atoms with Gasteiger partial charge in [-0.3, -0.25) is 4.79 Å². The van der Waals surface area contributed by atoms with Crippen LogP contribution in [-0.4, -0.2) is 50.7 Å².